The van der Waals surface area contributed by atoms with Gasteiger partial charge in [-0.3, -0.25) is 0 Å². The van der Waals surface area contributed by atoms with Gasteiger partial charge in [-0.2, -0.15) is 0 Å². The molecule has 0 bridgehead atoms. The standard InChI is InChI=1S/C15H7F5OS/c1-6-14(7-4-2-3-5-8(7)21-6)22-15-12(19)10(17)9(16)11(18)13(15)20/h2-5H,1H3. The van der Waals surface area contributed by atoms with Gasteiger partial charge in [-0.25, -0.2) is 22.0 Å². The molecule has 0 aliphatic heterocycles. The first kappa shape index (κ1) is 14.9. The van der Waals surface area contributed by atoms with Crippen molar-refractivity contribution in [2.24, 2.45) is 0 Å². The molecule has 0 spiro atoms. The second kappa shape index (κ2) is 5.31. The number of benzene rings is 2. The van der Waals surface area contributed by atoms with Crippen molar-refractivity contribution in [3.05, 3.63) is 59.1 Å². The summed E-state index contributed by atoms with van der Waals surface area (Å²) in [6.07, 6.45) is 0. The quantitative estimate of drug-likeness (QED) is 0.345. The predicted octanol–water partition coefficient (Wildman–Crippen LogP) is 5.59. The van der Waals surface area contributed by atoms with Crippen molar-refractivity contribution in [1.82, 2.24) is 0 Å². The van der Waals surface area contributed by atoms with Crippen molar-refractivity contribution < 1.29 is 26.4 Å². The van der Waals surface area contributed by atoms with Crippen LogP contribution >= 0.6 is 11.8 Å². The summed E-state index contributed by atoms with van der Waals surface area (Å²) in [6, 6.07) is 6.67. The molecule has 2 aromatic carbocycles. The lowest BCUT2D eigenvalue weighted by Gasteiger charge is -2.07. The van der Waals surface area contributed by atoms with Gasteiger partial charge in [0.15, 0.2) is 23.3 Å². The third-order valence-electron chi connectivity index (χ3n) is 3.09. The van der Waals surface area contributed by atoms with E-state index in [4.69, 9.17) is 4.42 Å². The number of hydrogen-bond donors (Lipinski definition) is 0. The Bertz CT molecular complexity index is 858. The molecule has 22 heavy (non-hydrogen) atoms. The summed E-state index contributed by atoms with van der Waals surface area (Å²) >= 11 is 0.450. The molecular weight excluding hydrogens is 323 g/mol. The minimum atomic E-state index is -2.17. The van der Waals surface area contributed by atoms with Gasteiger partial charge in [0, 0.05) is 5.39 Å². The summed E-state index contributed by atoms with van der Waals surface area (Å²) in [6.45, 7) is 1.55. The highest BCUT2D eigenvalue weighted by molar-refractivity contribution is 7.99. The highest BCUT2D eigenvalue weighted by atomic mass is 32.2. The van der Waals surface area contributed by atoms with Crippen LogP contribution in [0.1, 0.15) is 5.76 Å². The van der Waals surface area contributed by atoms with Crippen molar-refractivity contribution in [3.63, 3.8) is 0 Å². The van der Waals surface area contributed by atoms with E-state index in [0.29, 0.717) is 33.4 Å². The first-order valence-corrected chi connectivity index (χ1v) is 6.91. The van der Waals surface area contributed by atoms with E-state index in [2.05, 4.69) is 0 Å². The smallest absolute Gasteiger partial charge is 0.200 e. The second-order valence-corrected chi connectivity index (χ2v) is 5.51. The van der Waals surface area contributed by atoms with Crippen LogP contribution in [0.15, 0.2) is 38.5 Å². The molecule has 0 amide bonds. The minimum absolute atomic E-state index is 0.304. The molecule has 0 saturated carbocycles. The zero-order valence-electron chi connectivity index (χ0n) is 11.0. The van der Waals surface area contributed by atoms with Gasteiger partial charge >= 0.3 is 0 Å². The third kappa shape index (κ3) is 2.16. The molecule has 114 valence electrons. The Labute approximate surface area is 125 Å². The summed E-state index contributed by atoms with van der Waals surface area (Å²) in [7, 11) is 0. The van der Waals surface area contributed by atoms with Crippen LogP contribution < -0.4 is 0 Å². The number of fused-ring (bicyclic) bond motifs is 1. The van der Waals surface area contributed by atoms with Gasteiger partial charge in [-0.15, -0.1) is 0 Å². The van der Waals surface area contributed by atoms with Crippen molar-refractivity contribution >= 4 is 22.7 Å². The van der Waals surface area contributed by atoms with Crippen LogP contribution in [0.3, 0.4) is 0 Å². The van der Waals surface area contributed by atoms with E-state index >= 15 is 0 Å². The average molecular weight is 330 g/mol. The molecule has 0 fully saturated rings. The van der Waals surface area contributed by atoms with Crippen molar-refractivity contribution in [3.8, 4) is 0 Å². The van der Waals surface area contributed by atoms with E-state index in [1.54, 1.807) is 31.2 Å². The molecule has 7 heteroatoms. The molecule has 0 saturated heterocycles. The maximum atomic E-state index is 13.8. The molecule has 1 aromatic heterocycles. The third-order valence-corrected chi connectivity index (χ3v) is 4.36. The summed E-state index contributed by atoms with van der Waals surface area (Å²) < 4.78 is 72.5. The van der Waals surface area contributed by atoms with Gasteiger partial charge in [0.25, 0.3) is 0 Å². The van der Waals surface area contributed by atoms with Crippen LogP contribution in [0.4, 0.5) is 22.0 Å². The number of hydrogen-bond acceptors (Lipinski definition) is 2. The molecule has 1 nitrogen and oxygen atoms in total. The van der Waals surface area contributed by atoms with Gasteiger partial charge in [0.2, 0.25) is 5.82 Å². The number of para-hydroxylation sites is 1. The molecule has 0 radical (unpaired) electrons. The Kier molecular flexibility index (Phi) is 3.60. The number of furan rings is 1. The van der Waals surface area contributed by atoms with Gasteiger partial charge < -0.3 is 4.42 Å². The summed E-state index contributed by atoms with van der Waals surface area (Å²) in [5, 5.41) is 0.536. The van der Waals surface area contributed by atoms with Crippen molar-refractivity contribution in [2.45, 2.75) is 16.7 Å². The highest BCUT2D eigenvalue weighted by Crippen LogP contribution is 2.41. The lowest BCUT2D eigenvalue weighted by atomic mass is 10.2. The molecule has 0 aliphatic rings. The number of rotatable bonds is 2. The maximum Gasteiger partial charge on any atom is 0.200 e. The largest absolute Gasteiger partial charge is 0.460 e. The van der Waals surface area contributed by atoms with Crippen LogP contribution in [-0.2, 0) is 0 Å². The topological polar surface area (TPSA) is 13.1 Å². The van der Waals surface area contributed by atoms with E-state index < -0.39 is 34.0 Å². The Balaban J connectivity index is 2.20. The molecular formula is C15H7F5OS. The molecule has 0 N–H and O–H groups in total. The van der Waals surface area contributed by atoms with E-state index in [1.165, 1.54) is 0 Å². The second-order valence-electron chi connectivity index (χ2n) is 4.48. The number of aryl methyl sites for hydroxylation is 1. The fourth-order valence-corrected chi connectivity index (χ4v) is 3.07. The average Bonchev–Trinajstić information content (AvgIpc) is 2.83. The number of halogens is 5. The molecule has 3 rings (SSSR count). The van der Waals surface area contributed by atoms with E-state index in [9.17, 15) is 22.0 Å². The Hall–Kier alpha value is -2.02. The monoisotopic (exact) mass is 330 g/mol. The van der Waals surface area contributed by atoms with Crippen LogP contribution in [0, 0.1) is 36.0 Å². The Morgan fingerprint density at radius 3 is 1.95 bits per heavy atom. The van der Waals surface area contributed by atoms with Gasteiger partial charge in [0.05, 0.1) is 9.79 Å². The summed E-state index contributed by atoms with van der Waals surface area (Å²) in [4.78, 5) is -0.648. The van der Waals surface area contributed by atoms with Crippen LogP contribution in [0.2, 0.25) is 0 Å². The Morgan fingerprint density at radius 2 is 1.32 bits per heavy atom. The van der Waals surface area contributed by atoms with Crippen molar-refractivity contribution in [2.75, 3.05) is 0 Å². The lowest BCUT2D eigenvalue weighted by Crippen LogP contribution is -2.03. The predicted molar refractivity (Wildman–Crippen MR) is 71.3 cm³/mol. The van der Waals surface area contributed by atoms with Crippen molar-refractivity contribution in [1.29, 1.82) is 0 Å². The fourth-order valence-electron chi connectivity index (χ4n) is 2.05. The molecule has 0 unspecified atom stereocenters. The van der Waals surface area contributed by atoms with E-state index in [0.717, 1.165) is 0 Å². The Morgan fingerprint density at radius 1 is 0.773 bits per heavy atom. The van der Waals surface area contributed by atoms with Gasteiger partial charge in [0.1, 0.15) is 11.3 Å². The molecule has 0 aliphatic carbocycles. The van der Waals surface area contributed by atoms with Gasteiger partial charge in [-0.05, 0) is 19.1 Å². The highest BCUT2D eigenvalue weighted by Gasteiger charge is 2.27. The lowest BCUT2D eigenvalue weighted by molar-refractivity contribution is 0.361. The SMILES string of the molecule is Cc1oc2ccccc2c1Sc1c(F)c(F)c(F)c(F)c1F. The van der Waals surface area contributed by atoms with E-state index in [1.807, 2.05) is 0 Å². The zero-order valence-corrected chi connectivity index (χ0v) is 11.8. The molecule has 0 atom stereocenters. The van der Waals surface area contributed by atoms with Crippen LogP contribution in [0.5, 0.6) is 0 Å². The first-order chi connectivity index (χ1) is 10.4. The fraction of sp³-hybridized carbons (Fsp3) is 0.0667. The molecule has 1 heterocycles. The van der Waals surface area contributed by atoms with Crippen LogP contribution in [-0.4, -0.2) is 0 Å². The van der Waals surface area contributed by atoms with E-state index in [-0.39, 0.29) is 0 Å². The maximum absolute atomic E-state index is 13.8. The van der Waals surface area contributed by atoms with Gasteiger partial charge in [-0.1, -0.05) is 23.9 Å². The molecule has 3 aromatic rings. The summed E-state index contributed by atoms with van der Waals surface area (Å²) in [5.74, 6) is -9.49. The zero-order chi connectivity index (χ0) is 16.0. The minimum Gasteiger partial charge on any atom is -0.460 e. The normalized spacial score (nSPS) is 11.4. The van der Waals surface area contributed by atoms with Crippen LogP contribution in [0.25, 0.3) is 11.0 Å². The first-order valence-electron chi connectivity index (χ1n) is 6.09. The summed E-state index contributed by atoms with van der Waals surface area (Å²) in [5.41, 5.74) is 0.464.